The number of hydrogen-bond donors (Lipinski definition) is 2. The van der Waals surface area contributed by atoms with Crippen molar-refractivity contribution in [3.8, 4) is 0 Å². The Morgan fingerprint density at radius 3 is 2.56 bits per heavy atom. The van der Waals surface area contributed by atoms with Crippen molar-refractivity contribution in [3.63, 3.8) is 0 Å². The first-order valence-corrected chi connectivity index (χ1v) is 7.79. The van der Waals surface area contributed by atoms with Gasteiger partial charge in [0.25, 0.3) is 5.91 Å². The van der Waals surface area contributed by atoms with Gasteiger partial charge in [0.1, 0.15) is 0 Å². The molecule has 2 aromatic rings. The van der Waals surface area contributed by atoms with E-state index >= 15 is 0 Å². The largest absolute Gasteiger partial charge is 0.465 e. The Labute approximate surface area is 151 Å². The number of piperidine rings is 1. The van der Waals surface area contributed by atoms with E-state index in [1.807, 2.05) is 0 Å². The van der Waals surface area contributed by atoms with Gasteiger partial charge in [-0.25, -0.2) is 9.48 Å². The fourth-order valence-corrected chi connectivity index (χ4v) is 2.63. The summed E-state index contributed by atoms with van der Waals surface area (Å²) >= 11 is 0. The summed E-state index contributed by atoms with van der Waals surface area (Å²) in [6.45, 7) is 1.89. The van der Waals surface area contributed by atoms with E-state index in [1.54, 1.807) is 35.1 Å². The molecular weight excluding hydrogens is 346 g/mol. The number of aromatic nitrogens is 3. The molecule has 0 aliphatic carbocycles. The minimum Gasteiger partial charge on any atom is -0.465 e. The molecule has 1 fully saturated rings. The molecule has 8 nitrogen and oxygen atoms in total. The fraction of sp³-hybridized carbons (Fsp3) is 0.375. The monoisotopic (exact) mass is 365 g/mol. The molecule has 0 unspecified atom stereocenters. The molecule has 1 saturated heterocycles. The predicted molar refractivity (Wildman–Crippen MR) is 94.1 cm³/mol. The van der Waals surface area contributed by atoms with Crippen LogP contribution in [0.25, 0.3) is 0 Å². The van der Waals surface area contributed by atoms with Crippen LogP contribution in [0.2, 0.25) is 0 Å². The topological polar surface area (TPSA) is 98.1 Å². The van der Waals surface area contributed by atoms with Crippen LogP contribution in [0.15, 0.2) is 30.5 Å². The minimum atomic E-state index is -0.419. The Morgan fingerprint density at radius 1 is 1.24 bits per heavy atom. The highest BCUT2D eigenvalue weighted by Crippen LogP contribution is 2.17. The van der Waals surface area contributed by atoms with Crippen molar-refractivity contribution < 1.29 is 14.3 Å². The van der Waals surface area contributed by atoms with Crippen molar-refractivity contribution in [3.05, 3.63) is 41.7 Å². The number of amides is 1. The number of halogens is 1. The number of ether oxygens (including phenoxy) is 1. The molecular formula is C16H20ClN5O3. The SMILES string of the molecule is COC(=O)c1ccc(NC(=O)c2cn(C3CCNCC3)nn2)cc1.Cl. The van der Waals surface area contributed by atoms with E-state index in [4.69, 9.17) is 0 Å². The number of nitrogens with one attached hydrogen (secondary N) is 2. The lowest BCUT2D eigenvalue weighted by Crippen LogP contribution is -2.29. The Kier molecular flexibility index (Phi) is 6.49. The zero-order chi connectivity index (χ0) is 16.9. The van der Waals surface area contributed by atoms with Crippen LogP contribution < -0.4 is 10.6 Å². The molecule has 0 atom stereocenters. The molecule has 2 heterocycles. The van der Waals surface area contributed by atoms with Gasteiger partial charge in [0, 0.05) is 5.69 Å². The minimum absolute atomic E-state index is 0. The van der Waals surface area contributed by atoms with Crippen LogP contribution in [-0.4, -0.2) is 47.1 Å². The lowest BCUT2D eigenvalue weighted by atomic mass is 10.1. The van der Waals surface area contributed by atoms with Crippen molar-refractivity contribution in [2.24, 2.45) is 0 Å². The Hall–Kier alpha value is -2.45. The van der Waals surface area contributed by atoms with Gasteiger partial charge in [-0.3, -0.25) is 4.79 Å². The zero-order valence-electron chi connectivity index (χ0n) is 13.8. The Balaban J connectivity index is 0.00000225. The highest BCUT2D eigenvalue weighted by atomic mass is 35.5. The van der Waals surface area contributed by atoms with Crippen molar-refractivity contribution >= 4 is 30.0 Å². The van der Waals surface area contributed by atoms with E-state index in [9.17, 15) is 9.59 Å². The second-order valence-corrected chi connectivity index (χ2v) is 5.59. The predicted octanol–water partition coefficient (Wildman–Crippen LogP) is 1.66. The van der Waals surface area contributed by atoms with Gasteiger partial charge in [0.2, 0.25) is 0 Å². The summed E-state index contributed by atoms with van der Waals surface area (Å²) < 4.78 is 6.40. The molecule has 0 saturated carbocycles. The van der Waals surface area contributed by atoms with Crippen molar-refractivity contribution in [2.45, 2.75) is 18.9 Å². The van der Waals surface area contributed by atoms with E-state index in [2.05, 4.69) is 25.7 Å². The van der Waals surface area contributed by atoms with Gasteiger partial charge in [-0.1, -0.05) is 5.21 Å². The smallest absolute Gasteiger partial charge is 0.337 e. The first kappa shape index (κ1) is 18.9. The summed E-state index contributed by atoms with van der Waals surface area (Å²) in [4.78, 5) is 23.6. The number of carbonyl (C=O) groups is 2. The first-order valence-electron chi connectivity index (χ1n) is 7.79. The van der Waals surface area contributed by atoms with Crippen LogP contribution in [-0.2, 0) is 4.74 Å². The normalized spacial score (nSPS) is 14.4. The molecule has 0 bridgehead atoms. The van der Waals surface area contributed by atoms with E-state index in [1.165, 1.54) is 7.11 Å². The van der Waals surface area contributed by atoms with Gasteiger partial charge in [-0.05, 0) is 50.2 Å². The average Bonchev–Trinajstić information content (AvgIpc) is 3.13. The molecule has 0 spiro atoms. The lowest BCUT2D eigenvalue weighted by molar-refractivity contribution is 0.0600. The molecule has 1 aliphatic heterocycles. The molecule has 3 rings (SSSR count). The van der Waals surface area contributed by atoms with E-state index < -0.39 is 5.97 Å². The second kappa shape index (κ2) is 8.59. The first-order chi connectivity index (χ1) is 11.7. The summed E-state index contributed by atoms with van der Waals surface area (Å²) in [6, 6.07) is 6.74. The van der Waals surface area contributed by atoms with Crippen LogP contribution in [0.5, 0.6) is 0 Å². The molecule has 1 aromatic heterocycles. The number of methoxy groups -OCH3 is 1. The molecule has 1 aromatic carbocycles. The molecule has 1 amide bonds. The Morgan fingerprint density at radius 2 is 1.92 bits per heavy atom. The molecule has 2 N–H and O–H groups in total. The van der Waals surface area contributed by atoms with E-state index in [0.717, 1.165) is 25.9 Å². The summed E-state index contributed by atoms with van der Waals surface area (Å²) in [6.07, 6.45) is 3.62. The molecule has 134 valence electrons. The Bertz CT molecular complexity index is 726. The van der Waals surface area contributed by atoms with Crippen molar-refractivity contribution in [1.82, 2.24) is 20.3 Å². The number of anilines is 1. The molecule has 25 heavy (non-hydrogen) atoms. The zero-order valence-corrected chi connectivity index (χ0v) is 14.6. The maximum absolute atomic E-state index is 12.3. The van der Waals surface area contributed by atoms with Gasteiger partial charge >= 0.3 is 5.97 Å². The van der Waals surface area contributed by atoms with Crippen molar-refractivity contribution in [1.29, 1.82) is 0 Å². The standard InChI is InChI=1S/C16H19N5O3.ClH/c1-24-16(23)11-2-4-12(5-3-11)18-15(22)14-10-21(20-19-14)13-6-8-17-9-7-13;/h2-5,10,13,17H,6-9H2,1H3,(H,18,22);1H. The third kappa shape index (κ3) is 4.55. The molecule has 0 radical (unpaired) electrons. The number of nitrogens with zero attached hydrogens (tertiary/aromatic N) is 3. The quantitative estimate of drug-likeness (QED) is 0.800. The average molecular weight is 366 g/mol. The van der Waals surface area contributed by atoms with Crippen LogP contribution >= 0.6 is 12.4 Å². The maximum atomic E-state index is 12.3. The number of rotatable bonds is 4. The van der Waals surface area contributed by atoms with Gasteiger partial charge in [-0.15, -0.1) is 17.5 Å². The number of hydrogen-bond acceptors (Lipinski definition) is 6. The van der Waals surface area contributed by atoms with Crippen molar-refractivity contribution in [2.75, 3.05) is 25.5 Å². The summed E-state index contributed by atoms with van der Waals surface area (Å²) in [5.74, 6) is -0.751. The highest BCUT2D eigenvalue weighted by Gasteiger charge is 2.18. The van der Waals surface area contributed by atoms with Gasteiger partial charge in [-0.2, -0.15) is 0 Å². The number of carbonyl (C=O) groups excluding carboxylic acids is 2. The van der Waals surface area contributed by atoms with E-state index in [-0.39, 0.29) is 30.0 Å². The summed E-state index contributed by atoms with van der Waals surface area (Å²) in [5.41, 5.74) is 1.27. The van der Waals surface area contributed by atoms with Gasteiger partial charge < -0.3 is 15.4 Å². The molecule has 9 heteroatoms. The van der Waals surface area contributed by atoms with Crippen LogP contribution in [0.3, 0.4) is 0 Å². The van der Waals surface area contributed by atoms with Gasteiger partial charge in [0.15, 0.2) is 5.69 Å². The fourth-order valence-electron chi connectivity index (χ4n) is 2.63. The summed E-state index contributed by atoms with van der Waals surface area (Å²) in [5, 5.41) is 14.0. The second-order valence-electron chi connectivity index (χ2n) is 5.59. The van der Waals surface area contributed by atoms with Crippen LogP contribution in [0, 0.1) is 0 Å². The van der Waals surface area contributed by atoms with Crippen LogP contribution in [0.1, 0.15) is 39.7 Å². The van der Waals surface area contributed by atoms with Crippen LogP contribution in [0.4, 0.5) is 5.69 Å². The third-order valence-corrected chi connectivity index (χ3v) is 3.99. The highest BCUT2D eigenvalue weighted by molar-refractivity contribution is 6.02. The number of esters is 1. The number of benzene rings is 1. The third-order valence-electron chi connectivity index (χ3n) is 3.99. The van der Waals surface area contributed by atoms with Gasteiger partial charge in [0.05, 0.1) is 24.9 Å². The summed E-state index contributed by atoms with van der Waals surface area (Å²) in [7, 11) is 1.32. The maximum Gasteiger partial charge on any atom is 0.337 e. The lowest BCUT2D eigenvalue weighted by Gasteiger charge is -2.22. The molecule has 1 aliphatic rings. The van der Waals surface area contributed by atoms with E-state index in [0.29, 0.717) is 11.3 Å².